The third-order valence-corrected chi connectivity index (χ3v) is 15.6. The topological polar surface area (TPSA) is 95.9 Å². The van der Waals surface area contributed by atoms with E-state index in [2.05, 4.69) is 43.5 Å². The third-order valence-electron chi connectivity index (χ3n) is 15.6. The van der Waals surface area contributed by atoms with Crippen molar-refractivity contribution in [1.29, 1.82) is 0 Å². The van der Waals surface area contributed by atoms with Crippen LogP contribution in [0.15, 0.2) is 36.5 Å². The lowest BCUT2D eigenvalue weighted by Crippen LogP contribution is -2.45. The van der Waals surface area contributed by atoms with Crippen LogP contribution in [0.3, 0.4) is 0 Å². The molecule has 0 heterocycles. The van der Waals surface area contributed by atoms with Crippen molar-refractivity contribution in [3.63, 3.8) is 0 Å². The normalized spacial score (nSPS) is 12.7. The first-order valence-electron chi connectivity index (χ1n) is 33.8. The van der Waals surface area contributed by atoms with Gasteiger partial charge in [0.05, 0.1) is 25.4 Å². The van der Waals surface area contributed by atoms with Crippen LogP contribution in [0.25, 0.3) is 0 Å². The van der Waals surface area contributed by atoms with E-state index in [1.807, 2.05) is 6.08 Å². The molecule has 2 unspecified atom stereocenters. The average molecular weight is 1050 g/mol. The molecular formula is C69H131NO5. The maximum atomic E-state index is 12.4. The second kappa shape index (κ2) is 64.6. The summed E-state index contributed by atoms with van der Waals surface area (Å²) in [4.78, 5) is 24.5. The number of allylic oxidation sites excluding steroid dienone is 5. The van der Waals surface area contributed by atoms with Gasteiger partial charge < -0.3 is 20.3 Å². The molecule has 3 N–H and O–H groups in total. The van der Waals surface area contributed by atoms with Crippen molar-refractivity contribution in [2.45, 2.75) is 379 Å². The fourth-order valence-corrected chi connectivity index (χ4v) is 10.4. The lowest BCUT2D eigenvalue weighted by atomic mass is 10.0. The maximum Gasteiger partial charge on any atom is 0.305 e. The summed E-state index contributed by atoms with van der Waals surface area (Å²) < 4.78 is 5.50. The highest BCUT2D eigenvalue weighted by molar-refractivity contribution is 5.76. The second-order valence-corrected chi connectivity index (χ2v) is 23.1. The van der Waals surface area contributed by atoms with Crippen LogP contribution in [0.4, 0.5) is 0 Å². The third kappa shape index (κ3) is 61.2. The van der Waals surface area contributed by atoms with Gasteiger partial charge in [0.25, 0.3) is 0 Å². The molecule has 0 bridgehead atoms. The van der Waals surface area contributed by atoms with Gasteiger partial charge in [-0.05, 0) is 83.5 Å². The molecule has 0 aromatic rings. The predicted octanol–water partition coefficient (Wildman–Crippen LogP) is 21.5. The zero-order chi connectivity index (χ0) is 54.3. The highest BCUT2D eigenvalue weighted by Gasteiger charge is 2.18. The van der Waals surface area contributed by atoms with E-state index in [0.29, 0.717) is 19.4 Å². The molecule has 0 aromatic carbocycles. The quantitative estimate of drug-likeness (QED) is 0.0320. The number of carbonyl (C=O) groups is 2. The van der Waals surface area contributed by atoms with Gasteiger partial charge in [-0.1, -0.05) is 307 Å². The number of aliphatic hydroxyl groups is 2. The summed E-state index contributed by atoms with van der Waals surface area (Å²) in [7, 11) is 0. The number of nitrogens with one attached hydrogen (secondary N) is 1. The number of unbranched alkanes of at least 4 members (excludes halogenated alkanes) is 48. The fourth-order valence-electron chi connectivity index (χ4n) is 10.4. The predicted molar refractivity (Wildman–Crippen MR) is 329 cm³/mol. The van der Waals surface area contributed by atoms with E-state index in [1.54, 1.807) is 6.08 Å². The van der Waals surface area contributed by atoms with Gasteiger partial charge in [0.2, 0.25) is 5.91 Å². The van der Waals surface area contributed by atoms with Crippen LogP contribution in [0.2, 0.25) is 0 Å². The Hall–Kier alpha value is -1.92. The Balaban J connectivity index is 3.35. The van der Waals surface area contributed by atoms with Crippen molar-refractivity contribution in [2.24, 2.45) is 0 Å². The molecule has 6 nitrogen and oxygen atoms in total. The summed E-state index contributed by atoms with van der Waals surface area (Å²) in [5.74, 6) is -0.0531. The zero-order valence-corrected chi connectivity index (χ0v) is 50.5. The van der Waals surface area contributed by atoms with E-state index < -0.39 is 12.1 Å². The molecule has 2 atom stereocenters. The van der Waals surface area contributed by atoms with Crippen LogP contribution >= 0.6 is 0 Å². The second-order valence-electron chi connectivity index (χ2n) is 23.1. The smallest absolute Gasteiger partial charge is 0.305 e. The molecule has 0 saturated carbocycles. The van der Waals surface area contributed by atoms with E-state index in [0.717, 1.165) is 44.9 Å². The van der Waals surface area contributed by atoms with E-state index in [-0.39, 0.29) is 18.5 Å². The summed E-state index contributed by atoms with van der Waals surface area (Å²) in [6, 6.07) is -0.625. The first-order valence-corrected chi connectivity index (χ1v) is 33.8. The monoisotopic (exact) mass is 1050 g/mol. The van der Waals surface area contributed by atoms with Crippen molar-refractivity contribution in [2.75, 3.05) is 13.2 Å². The average Bonchev–Trinajstić information content (AvgIpc) is 3.41. The molecule has 0 fully saturated rings. The van der Waals surface area contributed by atoms with Gasteiger partial charge in [0.15, 0.2) is 0 Å². The molecule has 0 aliphatic carbocycles. The number of carbonyl (C=O) groups excluding carboxylic acids is 2. The zero-order valence-electron chi connectivity index (χ0n) is 50.5. The fraction of sp³-hybridized carbons (Fsp3) is 0.884. The molecule has 0 rings (SSSR count). The van der Waals surface area contributed by atoms with E-state index in [4.69, 9.17) is 4.74 Å². The first kappa shape index (κ1) is 73.1. The standard InChI is InChI=1S/C69H131NO5/c1-3-5-7-9-11-13-15-16-17-32-36-39-43-47-51-55-59-63-69(74)75-64-60-56-52-48-44-40-37-34-31-29-27-25-23-21-19-18-20-22-24-26-28-30-33-35-38-42-46-50-54-58-62-68(73)70-66(65-71)67(72)61-57-53-49-45-41-14-12-10-8-6-4-2/h16-17,19,21,57,61,66-67,71-72H,3-15,18,20,22-56,58-60,62-65H2,1-2H3,(H,70,73)/b17-16-,21-19-,61-57+. The Labute approximate surface area is 468 Å². The van der Waals surface area contributed by atoms with Gasteiger partial charge in [-0.25, -0.2) is 0 Å². The van der Waals surface area contributed by atoms with Gasteiger partial charge in [0, 0.05) is 12.8 Å². The van der Waals surface area contributed by atoms with E-state index >= 15 is 0 Å². The first-order chi connectivity index (χ1) is 37.0. The summed E-state index contributed by atoms with van der Waals surface area (Å²) in [5.41, 5.74) is 0. The van der Waals surface area contributed by atoms with Crippen molar-refractivity contribution in [3.05, 3.63) is 36.5 Å². The molecule has 0 radical (unpaired) electrons. The number of rotatable bonds is 63. The Morgan fingerprint density at radius 2 is 0.627 bits per heavy atom. The number of hydrogen-bond donors (Lipinski definition) is 3. The number of amides is 1. The molecule has 0 aliphatic heterocycles. The maximum absolute atomic E-state index is 12.4. The number of esters is 1. The van der Waals surface area contributed by atoms with Crippen molar-refractivity contribution < 1.29 is 24.5 Å². The molecule has 1 amide bonds. The Morgan fingerprint density at radius 1 is 0.360 bits per heavy atom. The summed E-state index contributed by atoms with van der Waals surface area (Å²) in [5, 5.41) is 23.0. The number of ether oxygens (including phenoxy) is 1. The highest BCUT2D eigenvalue weighted by Crippen LogP contribution is 2.18. The largest absolute Gasteiger partial charge is 0.466 e. The van der Waals surface area contributed by atoms with Gasteiger partial charge in [0.1, 0.15) is 0 Å². The summed E-state index contributed by atoms with van der Waals surface area (Å²) in [6.45, 7) is 4.90. The molecule has 0 aromatic heterocycles. The van der Waals surface area contributed by atoms with Crippen LogP contribution in [0.1, 0.15) is 367 Å². The van der Waals surface area contributed by atoms with Crippen LogP contribution in [0.5, 0.6) is 0 Å². The molecule has 0 spiro atoms. The van der Waals surface area contributed by atoms with Crippen molar-refractivity contribution >= 4 is 11.9 Å². The van der Waals surface area contributed by atoms with Gasteiger partial charge >= 0.3 is 5.97 Å². The van der Waals surface area contributed by atoms with Crippen molar-refractivity contribution in [1.82, 2.24) is 5.32 Å². The van der Waals surface area contributed by atoms with Crippen molar-refractivity contribution in [3.8, 4) is 0 Å². The lowest BCUT2D eigenvalue weighted by molar-refractivity contribution is -0.143. The highest BCUT2D eigenvalue weighted by atomic mass is 16.5. The molecule has 75 heavy (non-hydrogen) atoms. The number of aliphatic hydroxyl groups excluding tert-OH is 2. The Kier molecular flexibility index (Phi) is 63.0. The van der Waals surface area contributed by atoms with Gasteiger partial charge in [-0.3, -0.25) is 9.59 Å². The van der Waals surface area contributed by atoms with Crippen LogP contribution in [-0.4, -0.2) is 47.4 Å². The van der Waals surface area contributed by atoms with Crippen LogP contribution in [0, 0.1) is 0 Å². The van der Waals surface area contributed by atoms with Gasteiger partial charge in [-0.2, -0.15) is 0 Å². The minimum absolute atomic E-state index is 0.0136. The lowest BCUT2D eigenvalue weighted by Gasteiger charge is -2.20. The minimum Gasteiger partial charge on any atom is -0.466 e. The molecule has 442 valence electrons. The minimum atomic E-state index is -0.842. The molecule has 0 aliphatic rings. The van der Waals surface area contributed by atoms with E-state index in [1.165, 1.54) is 295 Å². The molecule has 0 saturated heterocycles. The van der Waals surface area contributed by atoms with Crippen LogP contribution < -0.4 is 5.32 Å². The summed E-state index contributed by atoms with van der Waals surface area (Å²) >= 11 is 0. The van der Waals surface area contributed by atoms with Gasteiger partial charge in [-0.15, -0.1) is 0 Å². The number of hydrogen-bond acceptors (Lipinski definition) is 5. The Morgan fingerprint density at radius 3 is 0.947 bits per heavy atom. The van der Waals surface area contributed by atoms with Crippen LogP contribution in [-0.2, 0) is 14.3 Å². The molecule has 6 heteroatoms. The Bertz CT molecular complexity index is 1210. The molecular weight excluding hydrogens is 923 g/mol. The SMILES string of the molecule is CCCCCCCC/C=C\CCCCCCCCCC(=O)OCCCCCCCCCCCCCC/C=C\CCCCCCCCCCCCCCCCC(=O)NC(CO)C(O)/C=C/CCCCCCCCCCC. The summed E-state index contributed by atoms with van der Waals surface area (Å²) in [6.07, 6.45) is 82.2. The van der Waals surface area contributed by atoms with E-state index in [9.17, 15) is 19.8 Å².